The van der Waals surface area contributed by atoms with Crippen LogP contribution in [0.4, 0.5) is 13.2 Å². The third-order valence-electron chi connectivity index (χ3n) is 2.08. The highest BCUT2D eigenvalue weighted by atomic mass is 19.4. The van der Waals surface area contributed by atoms with Gasteiger partial charge in [-0.25, -0.2) is 0 Å². The molecule has 1 aromatic carbocycles. The van der Waals surface area contributed by atoms with Crippen molar-refractivity contribution in [2.24, 2.45) is 0 Å². The van der Waals surface area contributed by atoms with E-state index >= 15 is 0 Å². The third-order valence-corrected chi connectivity index (χ3v) is 2.08. The molecule has 76 valence electrons. The molecular weight excluding hydrogens is 189 g/mol. The molecule has 0 unspecified atom stereocenters. The molecule has 0 bridgehead atoms. The Morgan fingerprint density at radius 1 is 1.29 bits per heavy atom. The van der Waals surface area contributed by atoms with E-state index < -0.39 is 11.7 Å². The first-order valence-corrected chi connectivity index (χ1v) is 4.25. The van der Waals surface area contributed by atoms with E-state index in [0.29, 0.717) is 5.56 Å². The van der Waals surface area contributed by atoms with E-state index in [1.165, 1.54) is 6.07 Å². The van der Waals surface area contributed by atoms with Crippen molar-refractivity contribution in [3.8, 4) is 0 Å². The zero-order valence-corrected chi connectivity index (χ0v) is 8.02. The highest BCUT2D eigenvalue weighted by Gasteiger charge is 2.30. The highest BCUT2D eigenvalue weighted by molar-refractivity contribution is 5.63. The summed E-state index contributed by atoms with van der Waals surface area (Å²) >= 11 is 0. The van der Waals surface area contributed by atoms with Crippen LogP contribution in [0.1, 0.15) is 25.0 Å². The fraction of sp³-hybridized carbons (Fsp3) is 0.273. The van der Waals surface area contributed by atoms with Crippen molar-refractivity contribution < 1.29 is 13.2 Å². The van der Waals surface area contributed by atoms with Crippen molar-refractivity contribution in [1.29, 1.82) is 0 Å². The van der Waals surface area contributed by atoms with Gasteiger partial charge in [-0.05, 0) is 37.1 Å². The average Bonchev–Trinajstić information content (AvgIpc) is 2.15. The van der Waals surface area contributed by atoms with Gasteiger partial charge in [0.15, 0.2) is 0 Å². The lowest BCUT2D eigenvalue weighted by Crippen LogP contribution is -2.04. The first-order valence-electron chi connectivity index (χ1n) is 4.25. The van der Waals surface area contributed by atoms with E-state index in [4.69, 9.17) is 0 Å². The second-order valence-corrected chi connectivity index (χ2v) is 3.05. The van der Waals surface area contributed by atoms with Crippen LogP contribution in [0.2, 0.25) is 0 Å². The van der Waals surface area contributed by atoms with Crippen LogP contribution in [0, 0.1) is 0 Å². The van der Waals surface area contributed by atoms with E-state index in [9.17, 15) is 13.2 Å². The highest BCUT2D eigenvalue weighted by Crippen LogP contribution is 2.30. The fourth-order valence-electron chi connectivity index (χ4n) is 1.11. The lowest BCUT2D eigenvalue weighted by molar-refractivity contribution is -0.137. The number of halogens is 3. The van der Waals surface area contributed by atoms with Gasteiger partial charge >= 0.3 is 6.18 Å². The fourth-order valence-corrected chi connectivity index (χ4v) is 1.11. The van der Waals surface area contributed by atoms with E-state index in [-0.39, 0.29) is 0 Å². The quantitative estimate of drug-likeness (QED) is 0.639. The van der Waals surface area contributed by atoms with Gasteiger partial charge in [0.1, 0.15) is 0 Å². The third kappa shape index (κ3) is 2.37. The molecule has 0 aliphatic rings. The Balaban J connectivity index is 3.14. The van der Waals surface area contributed by atoms with Crippen LogP contribution in [-0.2, 0) is 6.18 Å². The lowest BCUT2D eigenvalue weighted by atomic mass is 10.0. The molecule has 1 aromatic rings. The molecule has 14 heavy (non-hydrogen) atoms. The van der Waals surface area contributed by atoms with Crippen LogP contribution >= 0.6 is 0 Å². The van der Waals surface area contributed by atoms with Gasteiger partial charge in [-0.2, -0.15) is 13.2 Å². The Hall–Kier alpha value is -1.25. The van der Waals surface area contributed by atoms with Crippen molar-refractivity contribution in [3.63, 3.8) is 0 Å². The molecule has 0 heterocycles. The zero-order chi connectivity index (χ0) is 10.8. The summed E-state index contributed by atoms with van der Waals surface area (Å²) in [4.78, 5) is 0. The molecule has 0 nitrogen and oxygen atoms in total. The van der Waals surface area contributed by atoms with Gasteiger partial charge in [0.05, 0.1) is 5.56 Å². The SMILES string of the molecule is C/C=C(/C)c1cccc(C(F)(F)F)c1. The number of hydrogen-bond acceptors (Lipinski definition) is 0. The van der Waals surface area contributed by atoms with Crippen molar-refractivity contribution in [1.82, 2.24) is 0 Å². The van der Waals surface area contributed by atoms with Crippen molar-refractivity contribution >= 4 is 5.57 Å². The van der Waals surface area contributed by atoms with Crippen LogP contribution in [0.25, 0.3) is 5.57 Å². The molecule has 0 N–H and O–H groups in total. The van der Waals surface area contributed by atoms with Crippen LogP contribution in [-0.4, -0.2) is 0 Å². The summed E-state index contributed by atoms with van der Waals surface area (Å²) in [5.74, 6) is 0. The maximum Gasteiger partial charge on any atom is 0.416 e. The van der Waals surface area contributed by atoms with E-state index in [1.54, 1.807) is 26.0 Å². The molecule has 0 fully saturated rings. The van der Waals surface area contributed by atoms with Crippen LogP contribution in [0.15, 0.2) is 30.3 Å². The van der Waals surface area contributed by atoms with Crippen LogP contribution < -0.4 is 0 Å². The predicted molar refractivity (Wildman–Crippen MR) is 50.8 cm³/mol. The number of allylic oxidation sites excluding steroid dienone is 2. The number of alkyl halides is 3. The van der Waals surface area contributed by atoms with E-state index in [1.807, 2.05) is 0 Å². The van der Waals surface area contributed by atoms with Crippen molar-refractivity contribution in [2.45, 2.75) is 20.0 Å². The molecule has 0 amide bonds. The summed E-state index contributed by atoms with van der Waals surface area (Å²) in [5.41, 5.74) is 0.856. The monoisotopic (exact) mass is 200 g/mol. The number of benzene rings is 1. The molecule has 0 aromatic heterocycles. The largest absolute Gasteiger partial charge is 0.416 e. The Labute approximate surface area is 81.1 Å². The van der Waals surface area contributed by atoms with Crippen molar-refractivity contribution in [3.05, 3.63) is 41.5 Å². The molecule has 1 rings (SSSR count). The second kappa shape index (κ2) is 3.86. The minimum absolute atomic E-state index is 0.601. The van der Waals surface area contributed by atoms with Gasteiger partial charge < -0.3 is 0 Å². The van der Waals surface area contributed by atoms with Gasteiger partial charge in [-0.1, -0.05) is 18.2 Å². The van der Waals surface area contributed by atoms with E-state index in [2.05, 4.69) is 0 Å². The number of rotatable bonds is 1. The first kappa shape index (κ1) is 10.8. The normalized spacial score (nSPS) is 13.1. The standard InChI is InChI=1S/C11H11F3/c1-3-8(2)9-5-4-6-10(7-9)11(12,13)14/h3-7H,1-2H3/b8-3-. The van der Waals surface area contributed by atoms with Gasteiger partial charge in [0.2, 0.25) is 0 Å². The summed E-state index contributed by atoms with van der Waals surface area (Å²) < 4.78 is 36.9. The zero-order valence-electron chi connectivity index (χ0n) is 8.02. The molecule has 0 atom stereocenters. The molecule has 0 saturated carbocycles. The Morgan fingerprint density at radius 2 is 1.93 bits per heavy atom. The molecule has 0 radical (unpaired) electrons. The smallest absolute Gasteiger partial charge is 0.166 e. The van der Waals surface area contributed by atoms with E-state index in [0.717, 1.165) is 17.7 Å². The lowest BCUT2D eigenvalue weighted by Gasteiger charge is -2.08. The first-order chi connectivity index (χ1) is 6.45. The van der Waals surface area contributed by atoms with Gasteiger partial charge in [0, 0.05) is 0 Å². The number of hydrogen-bond donors (Lipinski definition) is 0. The molecule has 0 spiro atoms. The maximum absolute atomic E-state index is 12.3. The summed E-state index contributed by atoms with van der Waals surface area (Å²) in [6.07, 6.45) is -2.47. The van der Waals surface area contributed by atoms with Gasteiger partial charge in [0.25, 0.3) is 0 Å². The molecule has 0 aliphatic carbocycles. The molecule has 0 aliphatic heterocycles. The summed E-state index contributed by atoms with van der Waals surface area (Å²) in [7, 11) is 0. The summed E-state index contributed by atoms with van der Waals surface area (Å²) in [6, 6.07) is 5.33. The second-order valence-electron chi connectivity index (χ2n) is 3.05. The van der Waals surface area contributed by atoms with Crippen LogP contribution in [0.5, 0.6) is 0 Å². The van der Waals surface area contributed by atoms with Gasteiger partial charge in [-0.15, -0.1) is 0 Å². The summed E-state index contributed by atoms with van der Waals surface area (Å²) in [6.45, 7) is 3.59. The van der Waals surface area contributed by atoms with Crippen molar-refractivity contribution in [2.75, 3.05) is 0 Å². The Morgan fingerprint density at radius 3 is 2.43 bits per heavy atom. The Bertz CT molecular complexity index is 348. The minimum Gasteiger partial charge on any atom is -0.166 e. The summed E-state index contributed by atoms with van der Waals surface area (Å²) in [5, 5.41) is 0. The Kier molecular flexibility index (Phi) is 2.99. The predicted octanol–water partition coefficient (Wildman–Crippen LogP) is 4.13. The average molecular weight is 200 g/mol. The van der Waals surface area contributed by atoms with Gasteiger partial charge in [-0.3, -0.25) is 0 Å². The molecular formula is C11H11F3. The molecule has 0 saturated heterocycles. The minimum atomic E-state index is -4.26. The maximum atomic E-state index is 12.3. The topological polar surface area (TPSA) is 0 Å². The molecule has 3 heteroatoms. The van der Waals surface area contributed by atoms with Crippen LogP contribution in [0.3, 0.4) is 0 Å².